The lowest BCUT2D eigenvalue weighted by Crippen LogP contribution is -2.66. The van der Waals surface area contributed by atoms with Crippen LogP contribution in [0.5, 0.6) is 0 Å². The summed E-state index contributed by atoms with van der Waals surface area (Å²) in [5, 5.41) is 0. The van der Waals surface area contributed by atoms with Crippen molar-refractivity contribution in [3.8, 4) is 0 Å². The number of fused-ring (bicyclic) bond motifs is 2. The van der Waals surface area contributed by atoms with Gasteiger partial charge in [0.2, 0.25) is 5.79 Å². The minimum atomic E-state index is -1.52. The van der Waals surface area contributed by atoms with Crippen molar-refractivity contribution in [1.29, 1.82) is 0 Å². The number of hydrogen-bond donors (Lipinski definition) is 0. The molecule has 8 aliphatic rings. The molecule has 0 saturated carbocycles. The summed E-state index contributed by atoms with van der Waals surface area (Å²) in [4.78, 5) is 13.3. The minimum absolute atomic E-state index is 0.0188. The van der Waals surface area contributed by atoms with E-state index >= 15 is 0 Å². The fourth-order valence-corrected chi connectivity index (χ4v) is 16.3. The van der Waals surface area contributed by atoms with Gasteiger partial charge in [-0.1, -0.05) is 210 Å². The Labute approximate surface area is 634 Å². The molecule has 0 radical (unpaired) electrons. The van der Waals surface area contributed by atoms with E-state index in [2.05, 4.69) is 20.8 Å². The van der Waals surface area contributed by atoms with Gasteiger partial charge in [0.05, 0.1) is 108 Å². The maximum absolute atomic E-state index is 13.3. The van der Waals surface area contributed by atoms with Gasteiger partial charge in [-0.3, -0.25) is 4.79 Å². The predicted molar refractivity (Wildman–Crippen MR) is 392 cm³/mol. The third kappa shape index (κ3) is 18.0. The van der Waals surface area contributed by atoms with Crippen molar-refractivity contribution < 1.29 is 104 Å². The molecule has 0 spiro atoms. The van der Waals surface area contributed by atoms with Crippen LogP contribution in [0.2, 0.25) is 0 Å². The van der Waals surface area contributed by atoms with E-state index in [1.807, 2.05) is 230 Å². The van der Waals surface area contributed by atoms with Crippen LogP contribution in [0.3, 0.4) is 0 Å². The highest BCUT2D eigenvalue weighted by Crippen LogP contribution is 2.53. The Hall–Kier alpha value is -6.01. The molecule has 0 N–H and O–H groups in total. The van der Waals surface area contributed by atoms with E-state index < -0.39 is 152 Å². The molecule has 584 valence electrons. The van der Waals surface area contributed by atoms with Gasteiger partial charge in [-0.15, -0.1) is 0 Å². The van der Waals surface area contributed by atoms with Crippen molar-refractivity contribution >= 4 is 5.97 Å². The molecule has 0 amide bonds. The van der Waals surface area contributed by atoms with Crippen LogP contribution in [0, 0.1) is 23.7 Å². The Kier molecular flexibility index (Phi) is 25.8. The lowest BCUT2D eigenvalue weighted by atomic mass is 9.89. The highest BCUT2D eigenvalue weighted by molar-refractivity contribution is 5.66. The molecule has 8 fully saturated rings. The summed E-state index contributed by atoms with van der Waals surface area (Å²) in [6.07, 6.45) is -17.1. The molecule has 8 heterocycles. The van der Waals surface area contributed by atoms with Crippen molar-refractivity contribution in [2.75, 3.05) is 33.0 Å². The van der Waals surface area contributed by atoms with Gasteiger partial charge in [0.1, 0.15) is 49.3 Å². The molecule has 0 bridgehead atoms. The van der Waals surface area contributed by atoms with Crippen LogP contribution in [-0.4, -0.2) is 179 Å². The van der Waals surface area contributed by atoms with Gasteiger partial charge in [0, 0.05) is 36.2 Å². The first-order valence-corrected chi connectivity index (χ1v) is 38.5. The molecular weight excluding hydrogens is 1380 g/mol. The van der Waals surface area contributed by atoms with Crippen molar-refractivity contribution in [2.45, 2.75) is 255 Å². The number of carbonyl (C=O) groups is 1. The SMILES string of the molecule is CC(=O)O[C@H]1C(C)O[C@@H](C)[C@H](O[C@@H]2OC(C)[C@H](O[C@@H]3OC[C@@H](C)C(OC45COC[C@@]4(COCc4ccccc4)O[C@@H](c4ccccc4)O5)[C@H]3OCc3ccccc3)C(O[C@@H]3OC(COCc4ccccc4)[C@@H](OCc4ccccc4)C(OCc4ccccc4)[C@H]3C)[C@@H]2C)C1O[C@@H]1OC(C)[C@H](C)C2OC(C)(C)O[C@@H]21. The molecule has 14 rings (SSSR count). The minimum Gasteiger partial charge on any atom is -0.457 e. The van der Waals surface area contributed by atoms with Gasteiger partial charge in [-0.25, -0.2) is 0 Å². The molecule has 22 heteroatoms. The Morgan fingerprint density at radius 3 is 1.49 bits per heavy atom. The normalized spacial score (nSPS) is 38.0. The van der Waals surface area contributed by atoms with E-state index in [4.69, 9.17) is 99.5 Å². The van der Waals surface area contributed by atoms with E-state index in [0.29, 0.717) is 13.2 Å². The van der Waals surface area contributed by atoms with Crippen LogP contribution in [0.25, 0.3) is 0 Å². The molecule has 6 aromatic rings. The summed E-state index contributed by atoms with van der Waals surface area (Å²) in [6, 6.07) is 59.9. The predicted octanol–water partition coefficient (Wildman–Crippen LogP) is 12.7. The first kappa shape index (κ1) is 78.7. The van der Waals surface area contributed by atoms with Gasteiger partial charge < -0.3 is 99.5 Å². The second-order valence-electron chi connectivity index (χ2n) is 30.9. The van der Waals surface area contributed by atoms with Gasteiger partial charge in [-0.2, -0.15) is 0 Å². The van der Waals surface area contributed by atoms with Crippen molar-refractivity contribution in [3.05, 3.63) is 215 Å². The second-order valence-corrected chi connectivity index (χ2v) is 30.9. The average Bonchev–Trinajstić information content (AvgIpc) is 1.53. The lowest BCUT2D eigenvalue weighted by molar-refractivity contribution is -0.390. The fraction of sp³-hybridized carbons (Fsp3) is 0.570. The third-order valence-corrected chi connectivity index (χ3v) is 22.3. The van der Waals surface area contributed by atoms with Crippen molar-refractivity contribution in [2.24, 2.45) is 23.7 Å². The first-order chi connectivity index (χ1) is 52.3. The Bertz CT molecular complexity index is 3740. The fourth-order valence-electron chi connectivity index (χ4n) is 16.3. The van der Waals surface area contributed by atoms with Crippen molar-refractivity contribution in [3.63, 3.8) is 0 Å². The quantitative estimate of drug-likeness (QED) is 0.0400. The smallest absolute Gasteiger partial charge is 0.303 e. The molecule has 8 saturated heterocycles. The first-order valence-electron chi connectivity index (χ1n) is 38.5. The molecule has 6 aromatic carbocycles. The summed E-state index contributed by atoms with van der Waals surface area (Å²) in [5.41, 5.74) is 4.42. The largest absolute Gasteiger partial charge is 0.457 e. The number of ether oxygens (including phenoxy) is 21. The molecule has 27 atom stereocenters. The number of hydrogen-bond acceptors (Lipinski definition) is 22. The summed E-state index contributed by atoms with van der Waals surface area (Å²) in [6.45, 7) is 22.8. The van der Waals surface area contributed by atoms with E-state index in [1.54, 1.807) is 0 Å². The zero-order chi connectivity index (χ0) is 75.1. The van der Waals surface area contributed by atoms with Crippen LogP contribution in [0.4, 0.5) is 0 Å². The summed E-state index contributed by atoms with van der Waals surface area (Å²) < 4.78 is 147. The Balaban J connectivity index is 0.823. The summed E-state index contributed by atoms with van der Waals surface area (Å²) >= 11 is 0. The molecule has 0 aliphatic carbocycles. The maximum Gasteiger partial charge on any atom is 0.303 e. The number of benzene rings is 6. The number of rotatable bonds is 29. The van der Waals surface area contributed by atoms with Crippen LogP contribution in [-0.2, 0) is 137 Å². The van der Waals surface area contributed by atoms with Crippen LogP contribution in [0.15, 0.2) is 182 Å². The van der Waals surface area contributed by atoms with E-state index in [0.717, 1.165) is 33.4 Å². The highest BCUT2D eigenvalue weighted by atomic mass is 16.9. The Morgan fingerprint density at radius 1 is 0.417 bits per heavy atom. The van der Waals surface area contributed by atoms with Crippen LogP contribution < -0.4 is 0 Å². The molecule has 108 heavy (non-hydrogen) atoms. The Morgan fingerprint density at radius 2 is 0.889 bits per heavy atom. The topological polar surface area (TPSA) is 211 Å². The number of esters is 1. The van der Waals surface area contributed by atoms with Crippen molar-refractivity contribution in [1.82, 2.24) is 0 Å². The maximum atomic E-state index is 13.3. The van der Waals surface area contributed by atoms with E-state index in [9.17, 15) is 4.79 Å². The van der Waals surface area contributed by atoms with Crippen LogP contribution >= 0.6 is 0 Å². The molecule has 22 nitrogen and oxygen atoms in total. The zero-order valence-electron chi connectivity index (χ0n) is 63.8. The molecule has 0 aromatic heterocycles. The molecule has 8 aliphatic heterocycles. The summed E-state index contributed by atoms with van der Waals surface area (Å²) in [7, 11) is 0. The second kappa shape index (κ2) is 35.4. The third-order valence-electron chi connectivity index (χ3n) is 22.3. The summed E-state index contributed by atoms with van der Waals surface area (Å²) in [5.74, 6) is -4.57. The zero-order valence-corrected chi connectivity index (χ0v) is 63.8. The average molecular weight is 1490 g/mol. The van der Waals surface area contributed by atoms with Crippen LogP contribution in [0.1, 0.15) is 116 Å². The van der Waals surface area contributed by atoms with E-state index in [1.165, 1.54) is 6.92 Å². The molecule has 10 unspecified atom stereocenters. The highest BCUT2D eigenvalue weighted by Gasteiger charge is 2.69. The van der Waals surface area contributed by atoms with Gasteiger partial charge in [0.25, 0.3) is 0 Å². The lowest BCUT2D eigenvalue weighted by Gasteiger charge is -2.52. The standard InChI is InChI=1S/C86H108O22/c1-52-42-94-82(77(93-47-65-38-26-16-27-39-65)68(52)106-86-51-90-50-85(86,49-89-44-62-32-20-13-21-33-62)107-81(108-86)66-40-28-17-29-41-66)102-72-59(8)97-79(101-74-58(7)95-57(6)73(98-60(9)87)76(74)103-83-78-71(53(2)56(5)96-83)104-84(10,11)105-78)55(4)70(72)100-80-54(3)69(91-45-63-34-22-14-23-35-63)75(92-46-64-36-24-15-25-37-64)67(99-80)48-88-43-61-30-18-12-19-31-61/h12-41,52-59,67-83H,42-51H2,1-11H3/t52-,53+,54-,55+,56?,57?,58+,59?,67?,68?,69?,70?,71?,72+,73+,74+,75-,76?,77-,78+,79+,80+,81-,82+,83+,85-,86?/m1/s1. The van der Waals surface area contributed by atoms with Gasteiger partial charge >= 0.3 is 5.97 Å². The van der Waals surface area contributed by atoms with Gasteiger partial charge in [-0.05, 0) is 69.4 Å². The van der Waals surface area contributed by atoms with E-state index in [-0.39, 0.29) is 76.9 Å². The molecular formula is C86H108O22. The number of carbonyl (C=O) groups excluding carboxylic acids is 1. The van der Waals surface area contributed by atoms with Gasteiger partial charge in [0.15, 0.2) is 48.9 Å². The monoisotopic (exact) mass is 1490 g/mol.